The first-order chi connectivity index (χ1) is 18.6. The van der Waals surface area contributed by atoms with E-state index in [1.165, 1.54) is 20.9 Å². The lowest BCUT2D eigenvalue weighted by molar-refractivity contribution is -0.139. The highest BCUT2D eigenvalue weighted by Crippen LogP contribution is 2.32. The minimum Gasteiger partial charge on any atom is -0.489 e. The maximum Gasteiger partial charge on any atom is 0.341 e. The molecule has 190 valence electrons. The van der Waals surface area contributed by atoms with Gasteiger partial charge in [0.05, 0.1) is 5.02 Å². The van der Waals surface area contributed by atoms with E-state index in [4.69, 9.17) is 26.2 Å². The molecule has 7 heteroatoms. The number of carboxylic acids is 1. The van der Waals surface area contributed by atoms with E-state index >= 15 is 0 Å². The number of halogens is 1. The zero-order valence-electron chi connectivity index (χ0n) is 20.2. The van der Waals surface area contributed by atoms with Gasteiger partial charge in [0.25, 0.3) is 0 Å². The molecule has 0 atom stereocenters. The molecular formula is C31H23ClO4S2. The molecule has 4 nitrogen and oxygen atoms in total. The second-order valence-corrected chi connectivity index (χ2v) is 10.6. The molecule has 0 saturated carbocycles. The van der Waals surface area contributed by atoms with E-state index in [1.807, 2.05) is 0 Å². The fourth-order valence-electron chi connectivity index (χ4n) is 3.97. The van der Waals surface area contributed by atoms with Gasteiger partial charge in [-0.1, -0.05) is 72.3 Å². The Bertz CT molecular complexity index is 1440. The van der Waals surface area contributed by atoms with E-state index in [0.29, 0.717) is 23.1 Å². The molecule has 0 saturated heterocycles. The van der Waals surface area contributed by atoms with Crippen molar-refractivity contribution in [1.29, 1.82) is 0 Å². The Morgan fingerprint density at radius 2 is 1.37 bits per heavy atom. The lowest BCUT2D eigenvalue weighted by Crippen LogP contribution is -2.09. The Morgan fingerprint density at radius 1 is 0.789 bits per heavy atom. The maximum atomic E-state index is 10.7. The second kappa shape index (κ2) is 12.1. The van der Waals surface area contributed by atoms with Crippen LogP contribution in [-0.4, -0.2) is 24.3 Å². The number of carbonyl (C=O) groups is 1. The highest BCUT2D eigenvalue weighted by molar-refractivity contribution is 7.13. The first kappa shape index (κ1) is 25.8. The van der Waals surface area contributed by atoms with Gasteiger partial charge in [-0.05, 0) is 68.9 Å². The van der Waals surface area contributed by atoms with E-state index in [-0.39, 0.29) is 0 Å². The van der Waals surface area contributed by atoms with E-state index < -0.39 is 12.6 Å². The van der Waals surface area contributed by atoms with Crippen molar-refractivity contribution in [2.75, 3.05) is 13.2 Å². The molecule has 0 unspecified atom stereocenters. The summed E-state index contributed by atoms with van der Waals surface area (Å²) in [7, 11) is 0. The summed E-state index contributed by atoms with van der Waals surface area (Å²) in [6.07, 6.45) is 2.06. The van der Waals surface area contributed by atoms with Gasteiger partial charge >= 0.3 is 5.97 Å². The van der Waals surface area contributed by atoms with Crippen LogP contribution in [0.2, 0.25) is 5.02 Å². The van der Waals surface area contributed by atoms with Crippen molar-refractivity contribution >= 4 is 45.8 Å². The number of hydrogen-bond donors (Lipinski definition) is 1. The van der Waals surface area contributed by atoms with Gasteiger partial charge in [0.15, 0.2) is 6.61 Å². The predicted molar refractivity (Wildman–Crippen MR) is 157 cm³/mol. The quantitative estimate of drug-likeness (QED) is 0.186. The fourth-order valence-corrected chi connectivity index (χ4v) is 5.66. The summed E-state index contributed by atoms with van der Waals surface area (Å²) < 4.78 is 11.2. The third-order valence-corrected chi connectivity index (χ3v) is 7.93. The molecule has 0 aliphatic carbocycles. The van der Waals surface area contributed by atoms with Crippen LogP contribution in [0.15, 0.2) is 108 Å². The summed E-state index contributed by atoms with van der Waals surface area (Å²) in [4.78, 5) is 13.2. The standard InChI is InChI=1S/C31H23ClO4S2/c32-27-19-25(13-14-28(27)36-20-31(33)34)35-16-15-26(21-5-9-23(10-6-21)29-3-1-17-37-29)22-7-11-24(12-8-22)30-4-2-18-38-30/h1-15,17-19H,16,20H2,(H,33,34). The second-order valence-electron chi connectivity index (χ2n) is 8.31. The lowest BCUT2D eigenvalue weighted by Gasteiger charge is -2.12. The average molecular weight is 559 g/mol. The smallest absolute Gasteiger partial charge is 0.341 e. The molecule has 0 radical (unpaired) electrons. The van der Waals surface area contributed by atoms with Crippen LogP contribution in [0, 0.1) is 0 Å². The highest BCUT2D eigenvalue weighted by Gasteiger charge is 2.10. The molecule has 0 spiro atoms. The van der Waals surface area contributed by atoms with Crippen LogP contribution in [-0.2, 0) is 4.79 Å². The molecule has 5 rings (SSSR count). The first-order valence-electron chi connectivity index (χ1n) is 11.8. The number of thiophene rings is 2. The summed E-state index contributed by atoms with van der Waals surface area (Å²) >= 11 is 9.69. The molecule has 0 amide bonds. The molecule has 0 fully saturated rings. The van der Waals surface area contributed by atoms with Crippen molar-refractivity contribution in [3.05, 3.63) is 124 Å². The number of ether oxygens (including phenoxy) is 2. The minimum atomic E-state index is -1.06. The summed E-state index contributed by atoms with van der Waals surface area (Å²) in [6.45, 7) is -0.136. The van der Waals surface area contributed by atoms with E-state index in [1.54, 1.807) is 40.9 Å². The Balaban J connectivity index is 1.38. The SMILES string of the molecule is O=C(O)COc1ccc(OCC=C(c2ccc(-c3cccs3)cc2)c2ccc(-c3cccs3)cc2)cc1Cl. The summed E-state index contributed by atoms with van der Waals surface area (Å²) in [6, 6.07) is 30.4. The summed E-state index contributed by atoms with van der Waals surface area (Å²) in [5, 5.41) is 13.3. The van der Waals surface area contributed by atoms with Gasteiger partial charge in [-0.2, -0.15) is 0 Å². The Kier molecular flexibility index (Phi) is 8.24. The average Bonchev–Trinajstić information content (AvgIpc) is 3.66. The molecule has 3 aromatic carbocycles. The fraction of sp³-hybridized carbons (Fsp3) is 0.0645. The van der Waals surface area contributed by atoms with Crippen molar-refractivity contribution in [2.45, 2.75) is 0 Å². The molecule has 0 aliphatic rings. The van der Waals surface area contributed by atoms with Crippen molar-refractivity contribution in [2.24, 2.45) is 0 Å². The summed E-state index contributed by atoms with van der Waals surface area (Å²) in [5.74, 6) is -0.199. The van der Waals surface area contributed by atoms with Crippen LogP contribution >= 0.6 is 34.3 Å². The molecule has 5 aromatic rings. The van der Waals surface area contributed by atoms with Crippen LogP contribution in [0.3, 0.4) is 0 Å². The molecule has 2 aromatic heterocycles. The first-order valence-corrected chi connectivity index (χ1v) is 14.0. The minimum absolute atomic E-state index is 0.293. The normalized spacial score (nSPS) is 10.7. The molecule has 2 heterocycles. The van der Waals surface area contributed by atoms with Crippen LogP contribution in [0.5, 0.6) is 11.5 Å². The topological polar surface area (TPSA) is 55.8 Å². The van der Waals surface area contributed by atoms with Gasteiger partial charge < -0.3 is 14.6 Å². The largest absolute Gasteiger partial charge is 0.489 e. The highest BCUT2D eigenvalue weighted by atomic mass is 35.5. The van der Waals surface area contributed by atoms with Gasteiger partial charge in [0.2, 0.25) is 0 Å². The monoisotopic (exact) mass is 558 g/mol. The van der Waals surface area contributed by atoms with Gasteiger partial charge in [0.1, 0.15) is 18.1 Å². The predicted octanol–water partition coefficient (Wildman–Crippen LogP) is 8.77. The van der Waals surface area contributed by atoms with Crippen molar-refractivity contribution in [1.82, 2.24) is 0 Å². The van der Waals surface area contributed by atoms with Crippen LogP contribution in [0.25, 0.3) is 26.5 Å². The van der Waals surface area contributed by atoms with Crippen LogP contribution in [0.4, 0.5) is 0 Å². The number of hydrogen-bond acceptors (Lipinski definition) is 5. The third kappa shape index (κ3) is 6.34. The number of aliphatic carboxylic acids is 1. The van der Waals surface area contributed by atoms with Gasteiger partial charge in [-0.3, -0.25) is 0 Å². The van der Waals surface area contributed by atoms with E-state index in [2.05, 4.69) is 89.6 Å². The number of benzene rings is 3. The van der Waals surface area contributed by atoms with E-state index in [9.17, 15) is 4.79 Å². The molecular weight excluding hydrogens is 536 g/mol. The Morgan fingerprint density at radius 3 is 1.84 bits per heavy atom. The van der Waals surface area contributed by atoms with Gasteiger partial charge in [-0.15, -0.1) is 22.7 Å². The van der Waals surface area contributed by atoms with E-state index in [0.717, 1.165) is 16.7 Å². The molecule has 38 heavy (non-hydrogen) atoms. The number of carboxylic acid groups (broad SMARTS) is 1. The van der Waals surface area contributed by atoms with Crippen molar-refractivity contribution in [3.63, 3.8) is 0 Å². The van der Waals surface area contributed by atoms with Crippen LogP contribution in [0.1, 0.15) is 11.1 Å². The van der Waals surface area contributed by atoms with Crippen molar-refractivity contribution in [3.8, 4) is 32.4 Å². The van der Waals surface area contributed by atoms with Gasteiger partial charge in [0, 0.05) is 15.8 Å². The Hall–Kier alpha value is -3.84. The zero-order chi connectivity index (χ0) is 26.3. The van der Waals surface area contributed by atoms with Crippen molar-refractivity contribution < 1.29 is 19.4 Å². The summed E-state index contributed by atoms with van der Waals surface area (Å²) in [5.41, 5.74) is 5.62. The van der Waals surface area contributed by atoms with Gasteiger partial charge in [-0.25, -0.2) is 4.79 Å². The Labute approximate surface area is 234 Å². The third-order valence-electron chi connectivity index (χ3n) is 5.80. The number of rotatable bonds is 10. The maximum absolute atomic E-state index is 10.7. The zero-order valence-corrected chi connectivity index (χ0v) is 22.6. The lowest BCUT2D eigenvalue weighted by atomic mass is 9.95. The van der Waals surface area contributed by atoms with Crippen LogP contribution < -0.4 is 9.47 Å². The molecule has 0 bridgehead atoms. The molecule has 1 N–H and O–H groups in total. The molecule has 0 aliphatic heterocycles.